The summed E-state index contributed by atoms with van der Waals surface area (Å²) in [6.07, 6.45) is -1.07. The van der Waals surface area contributed by atoms with Crippen LogP contribution in [0.1, 0.15) is 5.82 Å². The van der Waals surface area contributed by atoms with Crippen LogP contribution in [0.25, 0.3) is 11.1 Å². The predicted octanol–water partition coefficient (Wildman–Crippen LogP) is 3.00. The molecular formula is C23H22F4N6O2. The number of dihydropyridines is 1. The zero-order valence-electron chi connectivity index (χ0n) is 18.9. The molecule has 1 atom stereocenters. The lowest BCUT2D eigenvalue weighted by Crippen LogP contribution is -2.45. The van der Waals surface area contributed by atoms with Gasteiger partial charge in [-0.25, -0.2) is 19.4 Å². The standard InChI is InChI=1S/C23H22F4N6O2/c1-13-28-10-14(11-29-13)15-7-19(20(9-18(15)24)33-5-3-32(2)4-6-33)31-22(35)16-12-30-21(34)8-17(16)23(25,26)27/h7-12,16H,3-6H2,1-2H3,(H,31,35). The van der Waals surface area contributed by atoms with Gasteiger partial charge in [-0.05, 0) is 26.1 Å². The minimum absolute atomic E-state index is 0.0808. The third kappa shape index (κ3) is 5.37. The van der Waals surface area contributed by atoms with Gasteiger partial charge in [0.15, 0.2) is 0 Å². The Hall–Kier alpha value is -3.67. The van der Waals surface area contributed by atoms with Crippen LogP contribution in [0.2, 0.25) is 0 Å². The fourth-order valence-electron chi connectivity index (χ4n) is 3.89. The second-order valence-electron chi connectivity index (χ2n) is 8.34. The van der Waals surface area contributed by atoms with E-state index in [9.17, 15) is 22.8 Å². The highest BCUT2D eigenvalue weighted by Gasteiger charge is 2.43. The molecule has 2 amide bonds. The molecule has 3 heterocycles. The number of nitrogens with zero attached hydrogens (tertiary/aromatic N) is 5. The maximum atomic E-state index is 15.2. The number of hydrogen-bond donors (Lipinski definition) is 1. The van der Waals surface area contributed by atoms with E-state index in [2.05, 4.69) is 25.2 Å². The van der Waals surface area contributed by atoms with Crippen molar-refractivity contribution in [3.8, 4) is 11.1 Å². The second kappa shape index (κ2) is 9.53. The Bertz CT molecular complexity index is 1200. The summed E-state index contributed by atoms with van der Waals surface area (Å²) < 4.78 is 55.7. The van der Waals surface area contributed by atoms with Crippen molar-refractivity contribution >= 4 is 29.4 Å². The molecule has 4 rings (SSSR count). The van der Waals surface area contributed by atoms with Gasteiger partial charge in [0, 0.05) is 62.0 Å². The lowest BCUT2D eigenvalue weighted by molar-refractivity contribution is -0.124. The molecule has 0 spiro atoms. The molecule has 1 unspecified atom stereocenters. The summed E-state index contributed by atoms with van der Waals surface area (Å²) in [6, 6.07) is 2.60. The molecule has 1 fully saturated rings. The summed E-state index contributed by atoms with van der Waals surface area (Å²) >= 11 is 0. The number of hydrogen-bond acceptors (Lipinski definition) is 6. The first-order valence-corrected chi connectivity index (χ1v) is 10.8. The van der Waals surface area contributed by atoms with Crippen LogP contribution in [0, 0.1) is 18.7 Å². The SMILES string of the molecule is Cc1ncc(-c2cc(NC(=O)C3C=NC(=O)C=C3C(F)(F)F)c(N3CCN(C)CC3)cc2F)cn1. The molecule has 0 bridgehead atoms. The van der Waals surface area contributed by atoms with Gasteiger partial charge in [-0.2, -0.15) is 13.2 Å². The Labute approximate surface area is 198 Å². The molecule has 12 heteroatoms. The van der Waals surface area contributed by atoms with Crippen LogP contribution in [-0.4, -0.2) is 72.3 Å². The number of aromatic nitrogens is 2. The van der Waals surface area contributed by atoms with Gasteiger partial charge in [0.25, 0.3) is 5.91 Å². The van der Waals surface area contributed by atoms with Crippen LogP contribution in [0.4, 0.5) is 28.9 Å². The van der Waals surface area contributed by atoms with Gasteiger partial charge in [0.1, 0.15) is 17.6 Å². The number of halogens is 4. The van der Waals surface area contributed by atoms with E-state index in [0.717, 1.165) is 0 Å². The molecule has 1 N–H and O–H groups in total. The Morgan fingerprint density at radius 2 is 1.77 bits per heavy atom. The highest BCUT2D eigenvalue weighted by atomic mass is 19.4. The van der Waals surface area contributed by atoms with Gasteiger partial charge in [0.2, 0.25) is 5.91 Å². The molecule has 0 aliphatic carbocycles. The number of likely N-dealkylation sites (N-methyl/N-ethyl adjacent to an activating group) is 1. The maximum absolute atomic E-state index is 15.2. The predicted molar refractivity (Wildman–Crippen MR) is 122 cm³/mol. The third-order valence-electron chi connectivity index (χ3n) is 5.85. The van der Waals surface area contributed by atoms with E-state index in [1.165, 1.54) is 24.5 Å². The molecule has 8 nitrogen and oxygen atoms in total. The molecule has 2 aliphatic rings. The van der Waals surface area contributed by atoms with Crippen LogP contribution < -0.4 is 10.2 Å². The number of amides is 2. The van der Waals surface area contributed by atoms with Gasteiger partial charge >= 0.3 is 6.18 Å². The second-order valence-corrected chi connectivity index (χ2v) is 8.34. The van der Waals surface area contributed by atoms with E-state index in [0.29, 0.717) is 55.5 Å². The molecule has 2 aromatic rings. The number of aryl methyl sites for hydroxylation is 1. The van der Waals surface area contributed by atoms with Crippen molar-refractivity contribution in [3.63, 3.8) is 0 Å². The number of anilines is 2. The Balaban J connectivity index is 1.73. The summed E-state index contributed by atoms with van der Waals surface area (Å²) in [5.41, 5.74) is -0.428. The number of aliphatic imine (C=N–C) groups is 1. The summed E-state index contributed by atoms with van der Waals surface area (Å²) in [5.74, 6) is -4.08. The van der Waals surface area contributed by atoms with Crippen LogP contribution >= 0.6 is 0 Å². The van der Waals surface area contributed by atoms with Crippen molar-refractivity contribution in [2.45, 2.75) is 13.1 Å². The van der Waals surface area contributed by atoms with Crippen molar-refractivity contribution in [1.29, 1.82) is 0 Å². The van der Waals surface area contributed by atoms with Crippen molar-refractivity contribution in [3.05, 3.63) is 47.8 Å². The number of alkyl halides is 3. The first-order chi connectivity index (χ1) is 16.5. The van der Waals surface area contributed by atoms with Crippen molar-refractivity contribution in [1.82, 2.24) is 14.9 Å². The van der Waals surface area contributed by atoms with E-state index in [4.69, 9.17) is 0 Å². The number of benzene rings is 1. The number of carbonyl (C=O) groups excluding carboxylic acids is 2. The largest absolute Gasteiger partial charge is 0.414 e. The highest BCUT2D eigenvalue weighted by Crippen LogP contribution is 2.37. The van der Waals surface area contributed by atoms with Crippen molar-refractivity contribution < 1.29 is 27.2 Å². The number of nitrogens with one attached hydrogen (secondary N) is 1. The summed E-state index contributed by atoms with van der Waals surface area (Å²) in [7, 11) is 1.94. The van der Waals surface area contributed by atoms with Gasteiger partial charge in [-0.15, -0.1) is 0 Å². The molecule has 2 aliphatic heterocycles. The molecule has 0 radical (unpaired) electrons. The minimum atomic E-state index is -4.91. The molecular weight excluding hydrogens is 468 g/mol. The quantitative estimate of drug-likeness (QED) is 0.663. The molecule has 184 valence electrons. The van der Waals surface area contributed by atoms with E-state index in [1.54, 1.807) is 6.92 Å². The van der Waals surface area contributed by atoms with Gasteiger partial charge in [-0.3, -0.25) is 9.59 Å². The first-order valence-electron chi connectivity index (χ1n) is 10.8. The zero-order chi connectivity index (χ0) is 25.3. The van der Waals surface area contributed by atoms with Crippen LogP contribution in [0.5, 0.6) is 0 Å². The number of rotatable bonds is 4. The smallest absolute Gasteiger partial charge is 0.367 e. The Morgan fingerprint density at radius 1 is 1.11 bits per heavy atom. The topological polar surface area (TPSA) is 90.8 Å². The Morgan fingerprint density at radius 3 is 2.40 bits per heavy atom. The lowest BCUT2D eigenvalue weighted by Gasteiger charge is -2.35. The normalized spacial score (nSPS) is 19.0. The van der Waals surface area contributed by atoms with E-state index >= 15 is 4.39 Å². The molecule has 1 aromatic carbocycles. The monoisotopic (exact) mass is 490 g/mol. The van der Waals surface area contributed by atoms with Crippen molar-refractivity contribution in [2.24, 2.45) is 10.9 Å². The van der Waals surface area contributed by atoms with Crippen LogP contribution in [0.15, 0.2) is 41.2 Å². The molecule has 35 heavy (non-hydrogen) atoms. The zero-order valence-corrected chi connectivity index (χ0v) is 18.9. The molecule has 0 saturated carbocycles. The highest BCUT2D eigenvalue weighted by molar-refractivity contribution is 6.11. The van der Waals surface area contributed by atoms with E-state index in [1.807, 2.05) is 11.9 Å². The van der Waals surface area contributed by atoms with E-state index < -0.39 is 35.3 Å². The first kappa shape index (κ1) is 24.5. The lowest BCUT2D eigenvalue weighted by atomic mass is 9.95. The van der Waals surface area contributed by atoms with Gasteiger partial charge < -0.3 is 15.1 Å². The maximum Gasteiger partial charge on any atom is 0.414 e. The van der Waals surface area contributed by atoms with E-state index in [-0.39, 0.29) is 11.3 Å². The number of carbonyl (C=O) groups is 2. The van der Waals surface area contributed by atoms with Crippen molar-refractivity contribution in [2.75, 3.05) is 43.4 Å². The summed E-state index contributed by atoms with van der Waals surface area (Å²) in [6.45, 7) is 4.09. The fraction of sp³-hybridized carbons (Fsp3) is 0.348. The number of piperazine rings is 1. The average Bonchev–Trinajstić information content (AvgIpc) is 2.80. The molecule has 1 saturated heterocycles. The Kier molecular flexibility index (Phi) is 6.66. The third-order valence-corrected chi connectivity index (χ3v) is 5.85. The average molecular weight is 490 g/mol. The minimum Gasteiger partial charge on any atom is -0.367 e. The molecule has 1 aromatic heterocycles. The summed E-state index contributed by atoms with van der Waals surface area (Å²) in [4.78, 5) is 39.8. The summed E-state index contributed by atoms with van der Waals surface area (Å²) in [5, 5.41) is 2.51. The fourth-order valence-corrected chi connectivity index (χ4v) is 3.89. The van der Waals surface area contributed by atoms with Gasteiger partial charge in [-0.1, -0.05) is 0 Å². The van der Waals surface area contributed by atoms with Crippen LogP contribution in [0.3, 0.4) is 0 Å². The van der Waals surface area contributed by atoms with Gasteiger partial charge in [0.05, 0.1) is 16.9 Å². The van der Waals surface area contributed by atoms with Crippen LogP contribution in [-0.2, 0) is 9.59 Å².